The average Bonchev–Trinajstić information content (AvgIpc) is 2.52. The molecule has 0 radical (unpaired) electrons. The van der Waals surface area contributed by atoms with Crippen molar-refractivity contribution in [1.29, 1.82) is 0 Å². The van der Waals surface area contributed by atoms with Crippen LogP contribution in [0.3, 0.4) is 0 Å². The van der Waals surface area contributed by atoms with Gasteiger partial charge in [0.15, 0.2) is 0 Å². The highest BCUT2D eigenvalue weighted by Gasteiger charge is 2.38. The number of aliphatic hydroxyl groups is 1. The quantitative estimate of drug-likeness (QED) is 0.551. The van der Waals surface area contributed by atoms with E-state index in [1.165, 1.54) is 6.92 Å². The van der Waals surface area contributed by atoms with Gasteiger partial charge in [-0.1, -0.05) is 13.3 Å². The zero-order chi connectivity index (χ0) is 20.1. The molecule has 0 aromatic heterocycles. The van der Waals surface area contributed by atoms with Gasteiger partial charge >= 0.3 is 18.4 Å². The Labute approximate surface area is 146 Å². The summed E-state index contributed by atoms with van der Waals surface area (Å²) in [5, 5.41) is 12.3. The van der Waals surface area contributed by atoms with E-state index >= 15 is 0 Å². The van der Waals surface area contributed by atoms with E-state index in [1.54, 1.807) is 0 Å². The van der Waals surface area contributed by atoms with Crippen molar-refractivity contribution in [2.45, 2.75) is 51.2 Å². The Morgan fingerprint density at radius 2 is 1.62 bits per heavy atom. The molecule has 0 saturated carbocycles. The van der Waals surface area contributed by atoms with Gasteiger partial charge in [0, 0.05) is 0 Å². The fraction of sp³-hybridized carbons (Fsp3) is 0.562. The Hall–Kier alpha value is -1.97. The molecule has 10 heteroatoms. The van der Waals surface area contributed by atoms with Crippen molar-refractivity contribution >= 4 is 6.09 Å². The highest BCUT2D eigenvalue weighted by atomic mass is 19.4. The van der Waals surface area contributed by atoms with Crippen molar-refractivity contribution in [3.63, 3.8) is 0 Å². The Kier molecular flexibility index (Phi) is 7.31. The second kappa shape index (κ2) is 8.61. The number of amides is 1. The predicted molar refractivity (Wildman–Crippen MR) is 80.3 cm³/mol. The van der Waals surface area contributed by atoms with Gasteiger partial charge < -0.3 is 15.2 Å². The summed E-state index contributed by atoms with van der Waals surface area (Å²) in [7, 11) is 0. The fourth-order valence-corrected chi connectivity index (χ4v) is 2.05. The van der Waals surface area contributed by atoms with Gasteiger partial charge in [-0.3, -0.25) is 0 Å². The van der Waals surface area contributed by atoms with Crippen molar-refractivity contribution in [3.8, 4) is 0 Å². The van der Waals surface area contributed by atoms with Gasteiger partial charge in [0.25, 0.3) is 0 Å². The van der Waals surface area contributed by atoms with E-state index in [1.807, 2.05) is 6.92 Å². The molecule has 1 aromatic rings. The molecular weight excluding hydrogens is 368 g/mol. The smallest absolute Gasteiger partial charge is 0.416 e. The Bertz CT molecular complexity index is 583. The van der Waals surface area contributed by atoms with Crippen molar-refractivity contribution in [3.05, 3.63) is 34.9 Å². The maximum atomic E-state index is 12.8. The van der Waals surface area contributed by atoms with Crippen molar-refractivity contribution in [1.82, 2.24) is 5.32 Å². The number of benzene rings is 1. The van der Waals surface area contributed by atoms with Crippen LogP contribution in [0.25, 0.3) is 0 Å². The molecule has 0 aliphatic carbocycles. The molecule has 0 heterocycles. The van der Waals surface area contributed by atoms with Crippen LogP contribution in [0.5, 0.6) is 0 Å². The number of unbranched alkanes of at least 4 members (excludes halogenated alkanes) is 1. The molecule has 2 N–H and O–H groups in total. The molecule has 0 saturated heterocycles. The van der Waals surface area contributed by atoms with Gasteiger partial charge in [-0.25, -0.2) is 4.79 Å². The first kappa shape index (κ1) is 22.1. The molecule has 1 aromatic carbocycles. The van der Waals surface area contributed by atoms with Crippen LogP contribution in [0.4, 0.5) is 31.1 Å². The number of aliphatic hydroxyl groups excluding tert-OH is 1. The molecule has 0 aliphatic heterocycles. The van der Waals surface area contributed by atoms with Gasteiger partial charge in [0.05, 0.1) is 29.9 Å². The Morgan fingerprint density at radius 3 is 2.04 bits per heavy atom. The lowest BCUT2D eigenvalue weighted by Crippen LogP contribution is -2.37. The summed E-state index contributed by atoms with van der Waals surface area (Å²) in [6, 6.07) is -0.373. The summed E-state index contributed by atoms with van der Waals surface area (Å²) in [5.74, 6) is 0. The molecule has 4 nitrogen and oxygen atoms in total. The standard InChI is InChI=1S/C16H19F6NO3/c1-3-4-5-26-14(25)23-9(2)13(24)10-6-11(15(17,18)19)8-12(7-10)16(20,21)22/h6-9,13,24H,3-5H2,1-2H3,(H,23,25)/t9-,13?/m0/s1. The lowest BCUT2D eigenvalue weighted by Gasteiger charge is -2.22. The molecule has 2 atom stereocenters. The third-order valence-electron chi connectivity index (χ3n) is 3.50. The number of ether oxygens (including phenoxy) is 1. The Morgan fingerprint density at radius 1 is 1.12 bits per heavy atom. The monoisotopic (exact) mass is 387 g/mol. The second-order valence-corrected chi connectivity index (χ2v) is 5.71. The van der Waals surface area contributed by atoms with E-state index in [9.17, 15) is 36.2 Å². The second-order valence-electron chi connectivity index (χ2n) is 5.71. The molecular formula is C16H19F6NO3. The minimum Gasteiger partial charge on any atom is -0.450 e. The largest absolute Gasteiger partial charge is 0.450 e. The molecule has 1 unspecified atom stereocenters. The van der Waals surface area contributed by atoms with E-state index < -0.39 is 47.3 Å². The minimum atomic E-state index is -5.02. The normalized spacial score (nSPS) is 14.7. The van der Waals surface area contributed by atoms with Crippen LogP contribution >= 0.6 is 0 Å². The van der Waals surface area contributed by atoms with Crippen LogP contribution in [-0.4, -0.2) is 23.8 Å². The minimum absolute atomic E-state index is 0.0344. The number of nitrogens with one attached hydrogen (secondary N) is 1. The van der Waals surface area contributed by atoms with E-state index in [0.29, 0.717) is 18.6 Å². The number of carbonyl (C=O) groups excluding carboxylic acids is 1. The molecule has 0 bridgehead atoms. The first-order valence-corrected chi connectivity index (χ1v) is 7.77. The lowest BCUT2D eigenvalue weighted by atomic mass is 9.97. The van der Waals surface area contributed by atoms with Crippen LogP contribution in [0, 0.1) is 0 Å². The Balaban J connectivity index is 3.03. The van der Waals surface area contributed by atoms with Crippen molar-refractivity contribution in [2.75, 3.05) is 6.61 Å². The number of hydrogen-bond acceptors (Lipinski definition) is 3. The van der Waals surface area contributed by atoms with Gasteiger partial charge in [0.2, 0.25) is 0 Å². The van der Waals surface area contributed by atoms with E-state index in [4.69, 9.17) is 4.74 Å². The molecule has 26 heavy (non-hydrogen) atoms. The van der Waals surface area contributed by atoms with Gasteiger partial charge in [-0.05, 0) is 37.1 Å². The first-order chi connectivity index (χ1) is 11.9. The predicted octanol–water partition coefficient (Wildman–Crippen LogP) is 4.67. The third kappa shape index (κ3) is 6.40. The maximum Gasteiger partial charge on any atom is 0.416 e. The zero-order valence-corrected chi connectivity index (χ0v) is 14.0. The molecule has 148 valence electrons. The number of carbonyl (C=O) groups is 1. The van der Waals surface area contributed by atoms with Crippen molar-refractivity contribution < 1.29 is 41.0 Å². The number of alkyl carbamates (subject to hydrolysis) is 1. The maximum absolute atomic E-state index is 12.8. The summed E-state index contributed by atoms with van der Waals surface area (Å²) in [6.07, 6.45) is -11.4. The zero-order valence-electron chi connectivity index (χ0n) is 14.0. The highest BCUT2D eigenvalue weighted by molar-refractivity contribution is 5.67. The van der Waals surface area contributed by atoms with Crippen LogP contribution in [0.2, 0.25) is 0 Å². The molecule has 1 amide bonds. The molecule has 0 spiro atoms. The van der Waals surface area contributed by atoms with E-state index in [0.717, 1.165) is 6.42 Å². The van der Waals surface area contributed by atoms with E-state index in [2.05, 4.69) is 5.32 Å². The summed E-state index contributed by atoms with van der Waals surface area (Å²) in [6.45, 7) is 3.20. The fourth-order valence-electron chi connectivity index (χ4n) is 2.05. The topological polar surface area (TPSA) is 58.6 Å². The van der Waals surface area contributed by atoms with Gasteiger partial charge in [-0.15, -0.1) is 0 Å². The summed E-state index contributed by atoms with van der Waals surface area (Å²) in [5.41, 5.74) is -3.70. The highest BCUT2D eigenvalue weighted by Crippen LogP contribution is 2.37. The first-order valence-electron chi connectivity index (χ1n) is 7.77. The van der Waals surface area contributed by atoms with Crippen LogP contribution < -0.4 is 5.32 Å². The molecule has 0 fully saturated rings. The van der Waals surface area contributed by atoms with Gasteiger partial charge in [-0.2, -0.15) is 26.3 Å². The summed E-state index contributed by atoms with van der Waals surface area (Å²) < 4.78 is 81.8. The lowest BCUT2D eigenvalue weighted by molar-refractivity contribution is -0.143. The number of alkyl halides is 6. The van der Waals surface area contributed by atoms with Crippen LogP contribution in [0.1, 0.15) is 49.5 Å². The number of rotatable bonds is 6. The molecule has 1 rings (SSSR count). The third-order valence-corrected chi connectivity index (χ3v) is 3.50. The van der Waals surface area contributed by atoms with Gasteiger partial charge in [0.1, 0.15) is 0 Å². The molecule has 0 aliphatic rings. The summed E-state index contributed by atoms with van der Waals surface area (Å²) >= 11 is 0. The van der Waals surface area contributed by atoms with E-state index in [-0.39, 0.29) is 12.7 Å². The number of hydrogen-bond donors (Lipinski definition) is 2. The average molecular weight is 387 g/mol. The number of halogens is 6. The summed E-state index contributed by atoms with van der Waals surface area (Å²) in [4.78, 5) is 11.5. The van der Waals surface area contributed by atoms with Crippen LogP contribution in [0.15, 0.2) is 18.2 Å². The SMILES string of the molecule is CCCCOC(=O)N[C@@H](C)C(O)c1cc(C(F)(F)F)cc(C(F)(F)F)c1. The van der Waals surface area contributed by atoms with Crippen LogP contribution in [-0.2, 0) is 17.1 Å². The van der Waals surface area contributed by atoms with Crippen molar-refractivity contribution in [2.24, 2.45) is 0 Å².